The van der Waals surface area contributed by atoms with Crippen molar-refractivity contribution in [3.05, 3.63) is 29.6 Å². The van der Waals surface area contributed by atoms with Gasteiger partial charge in [0.05, 0.1) is 5.41 Å². The maximum absolute atomic E-state index is 12.7. The smallest absolute Gasteiger partial charge is 0.354 e. The predicted molar refractivity (Wildman–Crippen MR) is 50.2 cm³/mol. The third-order valence-electron chi connectivity index (χ3n) is 2.27. The summed E-state index contributed by atoms with van der Waals surface area (Å²) in [7, 11) is 0. The number of carbonyl (C=O) groups is 1. The zero-order chi connectivity index (χ0) is 11.6. The second-order valence-corrected chi connectivity index (χ2v) is 3.76. The minimum atomic E-state index is -2.55. The van der Waals surface area contributed by atoms with Gasteiger partial charge in [-0.05, 0) is 17.7 Å². The van der Waals surface area contributed by atoms with E-state index in [-0.39, 0.29) is 11.3 Å². The molecule has 0 atom stereocenters. The second kappa shape index (κ2) is 3.92. The van der Waals surface area contributed by atoms with Crippen molar-refractivity contribution in [2.75, 3.05) is 0 Å². The fourth-order valence-corrected chi connectivity index (χ4v) is 1.07. The fraction of sp³-hybridized carbons (Fsp3) is 0.400. The van der Waals surface area contributed by atoms with Crippen molar-refractivity contribution < 1.29 is 18.7 Å². The van der Waals surface area contributed by atoms with E-state index in [2.05, 4.69) is 4.98 Å². The number of alkyl halides is 2. The first-order valence-electron chi connectivity index (χ1n) is 4.33. The molecule has 0 bridgehead atoms. The summed E-state index contributed by atoms with van der Waals surface area (Å²) in [5, 5.41) is 8.66. The van der Waals surface area contributed by atoms with Gasteiger partial charge >= 0.3 is 5.97 Å². The van der Waals surface area contributed by atoms with Crippen molar-refractivity contribution in [3.63, 3.8) is 0 Å². The first-order valence-corrected chi connectivity index (χ1v) is 4.33. The summed E-state index contributed by atoms with van der Waals surface area (Å²) in [6.07, 6.45) is -1.33. The van der Waals surface area contributed by atoms with Crippen LogP contribution in [0.5, 0.6) is 0 Å². The first-order chi connectivity index (χ1) is 6.85. The number of pyridine rings is 1. The Morgan fingerprint density at radius 3 is 2.60 bits per heavy atom. The molecular formula is C10H11F2NO2. The number of hydrogen-bond acceptors (Lipinski definition) is 2. The third kappa shape index (κ3) is 2.29. The molecule has 0 saturated heterocycles. The van der Waals surface area contributed by atoms with Gasteiger partial charge in [-0.25, -0.2) is 18.6 Å². The Hall–Kier alpha value is -1.52. The maximum Gasteiger partial charge on any atom is 0.354 e. The number of aromatic nitrogens is 1. The number of hydrogen-bond donors (Lipinski definition) is 1. The SMILES string of the molecule is CC(C)(c1ccnc(C(=O)O)c1)C(F)F. The van der Waals surface area contributed by atoms with Gasteiger partial charge in [0.15, 0.2) is 0 Å². The fourth-order valence-electron chi connectivity index (χ4n) is 1.07. The van der Waals surface area contributed by atoms with Crippen molar-refractivity contribution in [3.8, 4) is 0 Å². The summed E-state index contributed by atoms with van der Waals surface area (Å²) in [6.45, 7) is 2.72. The van der Waals surface area contributed by atoms with Crippen LogP contribution in [0.25, 0.3) is 0 Å². The molecule has 5 heteroatoms. The Balaban J connectivity index is 3.16. The number of aromatic carboxylic acids is 1. The second-order valence-electron chi connectivity index (χ2n) is 3.76. The topological polar surface area (TPSA) is 50.2 Å². The molecule has 0 amide bonds. The summed E-state index contributed by atoms with van der Waals surface area (Å²) in [5.74, 6) is -1.22. The molecule has 1 rings (SSSR count). The number of carboxylic acid groups (broad SMARTS) is 1. The Morgan fingerprint density at radius 1 is 1.53 bits per heavy atom. The Labute approximate surface area is 85.8 Å². The molecule has 0 aliphatic rings. The molecule has 15 heavy (non-hydrogen) atoms. The molecule has 0 spiro atoms. The molecule has 82 valence electrons. The van der Waals surface area contributed by atoms with E-state index in [1.807, 2.05) is 0 Å². The molecule has 0 unspecified atom stereocenters. The molecule has 0 aromatic carbocycles. The van der Waals surface area contributed by atoms with Crippen molar-refractivity contribution in [1.82, 2.24) is 4.98 Å². The van der Waals surface area contributed by atoms with Gasteiger partial charge in [-0.3, -0.25) is 0 Å². The first kappa shape index (κ1) is 11.6. The lowest BCUT2D eigenvalue weighted by molar-refractivity contribution is 0.0666. The maximum atomic E-state index is 12.7. The average molecular weight is 215 g/mol. The minimum absolute atomic E-state index is 0.221. The molecule has 0 radical (unpaired) electrons. The highest BCUT2D eigenvalue weighted by Gasteiger charge is 2.32. The lowest BCUT2D eigenvalue weighted by Crippen LogP contribution is -2.27. The van der Waals surface area contributed by atoms with Gasteiger partial charge in [-0.1, -0.05) is 13.8 Å². The van der Waals surface area contributed by atoms with Crippen LogP contribution >= 0.6 is 0 Å². The van der Waals surface area contributed by atoms with Crippen LogP contribution in [-0.4, -0.2) is 22.5 Å². The summed E-state index contributed by atoms with van der Waals surface area (Å²) < 4.78 is 25.3. The van der Waals surface area contributed by atoms with Crippen LogP contribution in [-0.2, 0) is 5.41 Å². The molecule has 0 aliphatic carbocycles. The van der Waals surface area contributed by atoms with Crippen molar-refractivity contribution >= 4 is 5.97 Å². The van der Waals surface area contributed by atoms with Crippen molar-refractivity contribution in [2.24, 2.45) is 0 Å². The summed E-state index contributed by atoms with van der Waals surface area (Å²) in [6, 6.07) is 2.58. The van der Waals surface area contributed by atoms with Gasteiger partial charge in [0.25, 0.3) is 0 Å². The van der Waals surface area contributed by atoms with Gasteiger partial charge in [-0.2, -0.15) is 0 Å². The highest BCUT2D eigenvalue weighted by molar-refractivity contribution is 5.85. The summed E-state index contributed by atoms with van der Waals surface area (Å²) in [5.41, 5.74) is -1.32. The molecule has 0 aliphatic heterocycles. The molecule has 1 heterocycles. The predicted octanol–water partition coefficient (Wildman–Crippen LogP) is 2.32. The van der Waals surface area contributed by atoms with Gasteiger partial charge in [0, 0.05) is 6.20 Å². The third-order valence-corrected chi connectivity index (χ3v) is 2.27. The number of halogens is 2. The Bertz CT molecular complexity index is 377. The van der Waals surface area contributed by atoms with E-state index in [1.54, 1.807) is 0 Å². The van der Waals surface area contributed by atoms with Gasteiger partial charge in [0.2, 0.25) is 6.43 Å². The van der Waals surface area contributed by atoms with E-state index in [9.17, 15) is 13.6 Å². The van der Waals surface area contributed by atoms with Crippen molar-refractivity contribution in [2.45, 2.75) is 25.7 Å². The van der Waals surface area contributed by atoms with Crippen LogP contribution in [0.3, 0.4) is 0 Å². The molecule has 0 saturated carbocycles. The number of rotatable bonds is 3. The minimum Gasteiger partial charge on any atom is -0.477 e. The van der Waals surface area contributed by atoms with Crippen LogP contribution in [0.2, 0.25) is 0 Å². The van der Waals surface area contributed by atoms with Crippen LogP contribution in [0.1, 0.15) is 29.9 Å². The van der Waals surface area contributed by atoms with E-state index in [4.69, 9.17) is 5.11 Å². The lowest BCUT2D eigenvalue weighted by atomic mass is 9.85. The van der Waals surface area contributed by atoms with Gasteiger partial charge < -0.3 is 5.11 Å². The van der Waals surface area contributed by atoms with Gasteiger partial charge in [0.1, 0.15) is 5.69 Å². The molecule has 1 aromatic rings. The Kier molecular flexibility index (Phi) is 3.02. The molecule has 0 fully saturated rings. The lowest BCUT2D eigenvalue weighted by Gasteiger charge is -2.23. The van der Waals surface area contributed by atoms with Crippen LogP contribution < -0.4 is 0 Å². The zero-order valence-corrected chi connectivity index (χ0v) is 8.37. The summed E-state index contributed by atoms with van der Waals surface area (Å²) in [4.78, 5) is 14.2. The number of nitrogens with zero attached hydrogens (tertiary/aromatic N) is 1. The normalized spacial score (nSPS) is 11.8. The molecular weight excluding hydrogens is 204 g/mol. The van der Waals surface area contributed by atoms with E-state index in [1.165, 1.54) is 32.2 Å². The summed E-state index contributed by atoms with van der Waals surface area (Å²) >= 11 is 0. The standard InChI is InChI=1S/C10H11F2NO2/c1-10(2,9(11)12)6-3-4-13-7(5-6)8(14)15/h3-5,9H,1-2H3,(H,14,15). The molecule has 1 aromatic heterocycles. The van der Waals surface area contributed by atoms with Crippen LogP contribution in [0, 0.1) is 0 Å². The van der Waals surface area contributed by atoms with E-state index < -0.39 is 17.8 Å². The van der Waals surface area contributed by atoms with Gasteiger partial charge in [-0.15, -0.1) is 0 Å². The van der Waals surface area contributed by atoms with Crippen LogP contribution in [0.15, 0.2) is 18.3 Å². The highest BCUT2D eigenvalue weighted by Crippen LogP contribution is 2.30. The zero-order valence-electron chi connectivity index (χ0n) is 8.37. The van der Waals surface area contributed by atoms with Crippen molar-refractivity contribution in [1.29, 1.82) is 0 Å². The largest absolute Gasteiger partial charge is 0.477 e. The quantitative estimate of drug-likeness (QED) is 0.841. The molecule has 3 nitrogen and oxygen atoms in total. The van der Waals surface area contributed by atoms with E-state index in [0.29, 0.717) is 0 Å². The van der Waals surface area contributed by atoms with E-state index >= 15 is 0 Å². The molecule has 1 N–H and O–H groups in total. The Morgan fingerprint density at radius 2 is 2.13 bits per heavy atom. The monoisotopic (exact) mass is 215 g/mol. The average Bonchev–Trinajstić information content (AvgIpc) is 2.17. The van der Waals surface area contributed by atoms with Crippen LogP contribution in [0.4, 0.5) is 8.78 Å². The highest BCUT2D eigenvalue weighted by atomic mass is 19.3. The number of carboxylic acids is 1. The van der Waals surface area contributed by atoms with E-state index in [0.717, 1.165) is 0 Å².